The Morgan fingerprint density at radius 2 is 2.43 bits per heavy atom. The molecule has 0 spiro atoms. The molecule has 0 saturated carbocycles. The molecule has 1 aromatic rings. The van der Waals surface area contributed by atoms with Crippen molar-refractivity contribution < 1.29 is 19.7 Å². The van der Waals surface area contributed by atoms with Crippen molar-refractivity contribution in [2.75, 3.05) is 6.61 Å². The SMILES string of the molecule is CCOC(=O)C(O)C(O)c1cnc[nH]1. The molecule has 0 amide bonds. The first-order valence-electron chi connectivity index (χ1n) is 4.17. The smallest absolute Gasteiger partial charge is 0.338 e. The van der Waals surface area contributed by atoms with E-state index in [2.05, 4.69) is 14.7 Å². The van der Waals surface area contributed by atoms with Crippen LogP contribution < -0.4 is 0 Å². The number of rotatable bonds is 4. The summed E-state index contributed by atoms with van der Waals surface area (Å²) < 4.78 is 4.54. The molecule has 1 heterocycles. The molecule has 78 valence electrons. The Balaban J connectivity index is 2.61. The molecular formula is C8H12N2O4. The highest BCUT2D eigenvalue weighted by Crippen LogP contribution is 2.14. The fourth-order valence-electron chi connectivity index (χ4n) is 0.955. The molecule has 0 aliphatic rings. The summed E-state index contributed by atoms with van der Waals surface area (Å²) in [4.78, 5) is 17.3. The summed E-state index contributed by atoms with van der Waals surface area (Å²) in [6.07, 6.45) is -0.254. The summed E-state index contributed by atoms with van der Waals surface area (Å²) in [7, 11) is 0. The number of nitrogens with one attached hydrogen (secondary N) is 1. The van der Waals surface area contributed by atoms with Crippen molar-refractivity contribution in [1.82, 2.24) is 9.97 Å². The van der Waals surface area contributed by atoms with Crippen molar-refractivity contribution in [3.8, 4) is 0 Å². The summed E-state index contributed by atoms with van der Waals surface area (Å²) in [6.45, 7) is 1.78. The quantitative estimate of drug-likeness (QED) is 0.562. The average molecular weight is 200 g/mol. The number of imidazole rings is 1. The number of carbonyl (C=O) groups excluding carboxylic acids is 1. The second-order valence-electron chi connectivity index (χ2n) is 2.65. The largest absolute Gasteiger partial charge is 0.464 e. The van der Waals surface area contributed by atoms with Crippen LogP contribution in [0.1, 0.15) is 18.7 Å². The number of nitrogens with zero attached hydrogens (tertiary/aromatic N) is 1. The number of ether oxygens (including phenoxy) is 1. The first-order chi connectivity index (χ1) is 6.66. The van der Waals surface area contributed by atoms with E-state index in [-0.39, 0.29) is 12.3 Å². The molecule has 0 fully saturated rings. The van der Waals surface area contributed by atoms with Gasteiger partial charge in [-0.15, -0.1) is 0 Å². The second-order valence-corrected chi connectivity index (χ2v) is 2.65. The number of H-pyrrole nitrogens is 1. The zero-order valence-electron chi connectivity index (χ0n) is 7.67. The van der Waals surface area contributed by atoms with E-state index < -0.39 is 18.2 Å². The van der Waals surface area contributed by atoms with Gasteiger partial charge in [0.2, 0.25) is 0 Å². The number of hydrogen-bond acceptors (Lipinski definition) is 5. The van der Waals surface area contributed by atoms with Crippen molar-refractivity contribution in [3.63, 3.8) is 0 Å². The number of aromatic nitrogens is 2. The summed E-state index contributed by atoms with van der Waals surface area (Å²) >= 11 is 0. The maximum absolute atomic E-state index is 11.0. The topological polar surface area (TPSA) is 95.4 Å². The molecule has 0 aromatic carbocycles. The number of aliphatic hydroxyl groups is 2. The van der Waals surface area contributed by atoms with Crippen molar-refractivity contribution in [2.24, 2.45) is 0 Å². The Kier molecular flexibility index (Phi) is 3.61. The maximum Gasteiger partial charge on any atom is 0.338 e. The molecule has 6 nitrogen and oxygen atoms in total. The molecular weight excluding hydrogens is 188 g/mol. The van der Waals surface area contributed by atoms with E-state index in [1.54, 1.807) is 6.92 Å². The normalized spacial score (nSPS) is 14.8. The molecule has 14 heavy (non-hydrogen) atoms. The van der Waals surface area contributed by atoms with E-state index in [9.17, 15) is 15.0 Å². The van der Waals surface area contributed by atoms with Crippen LogP contribution in [-0.4, -0.2) is 38.9 Å². The zero-order valence-corrected chi connectivity index (χ0v) is 7.67. The minimum Gasteiger partial charge on any atom is -0.464 e. The van der Waals surface area contributed by atoms with Gasteiger partial charge in [-0.25, -0.2) is 9.78 Å². The summed E-state index contributed by atoms with van der Waals surface area (Å²) in [5, 5.41) is 18.8. The monoisotopic (exact) mass is 200 g/mol. The lowest BCUT2D eigenvalue weighted by molar-refractivity contribution is -0.159. The van der Waals surface area contributed by atoms with Crippen LogP contribution in [0.15, 0.2) is 12.5 Å². The van der Waals surface area contributed by atoms with Gasteiger partial charge in [-0.05, 0) is 6.92 Å². The van der Waals surface area contributed by atoms with E-state index in [1.165, 1.54) is 12.5 Å². The fourth-order valence-corrected chi connectivity index (χ4v) is 0.955. The highest BCUT2D eigenvalue weighted by Gasteiger charge is 2.27. The molecule has 0 saturated heterocycles. The molecule has 0 bridgehead atoms. The first-order valence-corrected chi connectivity index (χ1v) is 4.17. The highest BCUT2D eigenvalue weighted by atomic mass is 16.5. The van der Waals surface area contributed by atoms with Crippen LogP contribution in [-0.2, 0) is 9.53 Å². The zero-order chi connectivity index (χ0) is 10.6. The minimum atomic E-state index is -1.59. The van der Waals surface area contributed by atoms with Crippen LogP contribution in [0.2, 0.25) is 0 Å². The van der Waals surface area contributed by atoms with Crippen LogP contribution in [0.4, 0.5) is 0 Å². The predicted molar refractivity (Wildman–Crippen MR) is 46.2 cm³/mol. The van der Waals surface area contributed by atoms with Gasteiger partial charge in [-0.3, -0.25) is 0 Å². The van der Waals surface area contributed by atoms with Gasteiger partial charge in [0, 0.05) is 0 Å². The molecule has 1 aromatic heterocycles. The molecule has 0 radical (unpaired) electrons. The van der Waals surface area contributed by atoms with E-state index in [0.717, 1.165) is 0 Å². The van der Waals surface area contributed by atoms with Crippen LogP contribution in [0.25, 0.3) is 0 Å². The lowest BCUT2D eigenvalue weighted by Gasteiger charge is -2.14. The van der Waals surface area contributed by atoms with Gasteiger partial charge in [0.25, 0.3) is 0 Å². The number of hydrogen-bond donors (Lipinski definition) is 3. The lowest BCUT2D eigenvalue weighted by atomic mass is 10.1. The second kappa shape index (κ2) is 4.73. The van der Waals surface area contributed by atoms with Crippen molar-refractivity contribution >= 4 is 5.97 Å². The summed E-state index contributed by atoms with van der Waals surface area (Å²) in [5.41, 5.74) is 0.269. The van der Waals surface area contributed by atoms with Gasteiger partial charge in [0.1, 0.15) is 6.10 Å². The standard InChI is InChI=1S/C8H12N2O4/c1-2-14-8(13)7(12)6(11)5-3-9-4-10-5/h3-4,6-7,11-12H,2H2,1H3,(H,9,10). The van der Waals surface area contributed by atoms with Gasteiger partial charge in [-0.2, -0.15) is 0 Å². The van der Waals surface area contributed by atoms with Crippen LogP contribution in [0, 0.1) is 0 Å². The minimum absolute atomic E-state index is 0.158. The Morgan fingerprint density at radius 1 is 1.71 bits per heavy atom. The van der Waals surface area contributed by atoms with Crippen molar-refractivity contribution in [1.29, 1.82) is 0 Å². The van der Waals surface area contributed by atoms with Crippen LogP contribution >= 0.6 is 0 Å². The van der Waals surface area contributed by atoms with Gasteiger partial charge in [-0.1, -0.05) is 0 Å². The van der Waals surface area contributed by atoms with Crippen LogP contribution in [0.5, 0.6) is 0 Å². The van der Waals surface area contributed by atoms with Gasteiger partial charge < -0.3 is 19.9 Å². The Bertz CT molecular complexity index is 286. The summed E-state index contributed by atoms with van der Waals surface area (Å²) in [6, 6.07) is 0. The third-order valence-corrected chi connectivity index (χ3v) is 1.67. The number of esters is 1. The van der Waals surface area contributed by atoms with E-state index in [0.29, 0.717) is 0 Å². The fraction of sp³-hybridized carbons (Fsp3) is 0.500. The van der Waals surface area contributed by atoms with E-state index >= 15 is 0 Å². The number of carbonyl (C=O) groups is 1. The van der Waals surface area contributed by atoms with Crippen molar-refractivity contribution in [2.45, 2.75) is 19.1 Å². The van der Waals surface area contributed by atoms with Gasteiger partial charge >= 0.3 is 5.97 Å². The molecule has 0 aliphatic carbocycles. The van der Waals surface area contributed by atoms with Crippen molar-refractivity contribution in [3.05, 3.63) is 18.2 Å². The molecule has 3 N–H and O–H groups in total. The Labute approximate surface area is 80.5 Å². The molecule has 2 atom stereocenters. The van der Waals surface area contributed by atoms with Gasteiger partial charge in [0.05, 0.1) is 24.8 Å². The average Bonchev–Trinajstić information content (AvgIpc) is 2.68. The van der Waals surface area contributed by atoms with Gasteiger partial charge in [0.15, 0.2) is 6.10 Å². The number of aromatic amines is 1. The summed E-state index contributed by atoms with van der Waals surface area (Å²) in [5.74, 6) is -0.852. The van der Waals surface area contributed by atoms with E-state index in [4.69, 9.17) is 0 Å². The third kappa shape index (κ3) is 2.30. The maximum atomic E-state index is 11.0. The molecule has 1 rings (SSSR count). The predicted octanol–water partition coefficient (Wildman–Crippen LogP) is -0.633. The third-order valence-electron chi connectivity index (χ3n) is 1.67. The van der Waals surface area contributed by atoms with Crippen LogP contribution in [0.3, 0.4) is 0 Å². The Morgan fingerprint density at radius 3 is 2.93 bits per heavy atom. The van der Waals surface area contributed by atoms with E-state index in [1.807, 2.05) is 0 Å². The molecule has 6 heteroatoms. The first kappa shape index (κ1) is 10.7. The lowest BCUT2D eigenvalue weighted by Crippen LogP contribution is -2.30. The highest BCUT2D eigenvalue weighted by molar-refractivity contribution is 5.75. The molecule has 0 aliphatic heterocycles. The number of aliphatic hydroxyl groups excluding tert-OH is 2. The Hall–Kier alpha value is -1.40. The molecule has 2 unspecified atom stereocenters.